The zero-order chi connectivity index (χ0) is 11.5. The summed E-state index contributed by atoms with van der Waals surface area (Å²) in [5.74, 6) is -3.26. The molecule has 1 rings (SSSR count). The lowest BCUT2D eigenvalue weighted by molar-refractivity contribution is -0.132. The van der Waals surface area contributed by atoms with Crippen molar-refractivity contribution < 1.29 is 18.3 Å². The molecule has 0 aromatic carbocycles. The minimum absolute atomic E-state index is 0.151. The van der Waals surface area contributed by atoms with E-state index in [0.717, 1.165) is 4.90 Å². The Morgan fingerprint density at radius 1 is 1.67 bits per heavy atom. The molecule has 1 unspecified atom stereocenters. The normalized spacial score (nSPS) is 24.5. The Balaban J connectivity index is 2.61. The first kappa shape index (κ1) is 12.3. The lowest BCUT2D eigenvalue weighted by atomic mass is 10.2. The summed E-state index contributed by atoms with van der Waals surface area (Å²) in [5.41, 5.74) is 5.15. The molecule has 0 radical (unpaired) electrons. The molecule has 88 valence electrons. The molecule has 0 spiro atoms. The largest absolute Gasteiger partial charge is 0.380 e. The molecule has 1 aliphatic heterocycles. The number of hydrogen-bond acceptors (Lipinski definition) is 3. The second kappa shape index (κ2) is 4.85. The number of likely N-dealkylation sites (tertiary alicyclic amines) is 1. The second-order valence-electron chi connectivity index (χ2n) is 3.60. The van der Waals surface area contributed by atoms with Gasteiger partial charge in [-0.1, -0.05) is 0 Å². The van der Waals surface area contributed by atoms with Crippen molar-refractivity contribution in [2.24, 2.45) is 5.73 Å². The van der Waals surface area contributed by atoms with E-state index in [9.17, 15) is 13.6 Å². The Morgan fingerprint density at radius 2 is 2.33 bits per heavy atom. The third-order valence-corrected chi connectivity index (χ3v) is 2.39. The number of carbonyl (C=O) groups is 1. The van der Waals surface area contributed by atoms with Gasteiger partial charge in [0.1, 0.15) is 0 Å². The smallest absolute Gasteiger partial charge is 0.267 e. The first-order valence-corrected chi connectivity index (χ1v) is 4.95. The summed E-state index contributed by atoms with van der Waals surface area (Å²) in [6.07, 6.45) is -0.335. The topological polar surface area (TPSA) is 55.6 Å². The van der Waals surface area contributed by atoms with Gasteiger partial charge in [0.15, 0.2) is 0 Å². The molecule has 1 aliphatic rings. The highest BCUT2D eigenvalue weighted by Crippen LogP contribution is 2.31. The predicted molar refractivity (Wildman–Crippen MR) is 50.6 cm³/mol. The van der Waals surface area contributed by atoms with Crippen LogP contribution < -0.4 is 5.73 Å². The molecule has 15 heavy (non-hydrogen) atoms. The Bertz CT molecular complexity index is 236. The van der Waals surface area contributed by atoms with Crippen LogP contribution in [-0.2, 0) is 9.53 Å². The molecule has 0 aromatic rings. The van der Waals surface area contributed by atoms with Crippen LogP contribution in [0.1, 0.15) is 13.3 Å². The maximum atomic E-state index is 13.1. The van der Waals surface area contributed by atoms with E-state index in [1.807, 2.05) is 0 Å². The van der Waals surface area contributed by atoms with Crippen molar-refractivity contribution in [2.75, 3.05) is 26.3 Å². The van der Waals surface area contributed by atoms with Gasteiger partial charge in [0, 0.05) is 13.0 Å². The second-order valence-corrected chi connectivity index (χ2v) is 3.60. The molecule has 1 fully saturated rings. The lowest BCUT2D eigenvalue weighted by Gasteiger charge is -2.22. The van der Waals surface area contributed by atoms with Gasteiger partial charge < -0.3 is 15.4 Å². The Kier molecular flexibility index (Phi) is 3.98. The maximum absolute atomic E-state index is 13.1. The van der Waals surface area contributed by atoms with Crippen LogP contribution in [-0.4, -0.2) is 49.1 Å². The van der Waals surface area contributed by atoms with Gasteiger partial charge in [0.2, 0.25) is 5.91 Å². The van der Waals surface area contributed by atoms with Crippen LogP contribution in [0.4, 0.5) is 8.78 Å². The number of rotatable bonds is 4. The van der Waals surface area contributed by atoms with Crippen LogP contribution in [0, 0.1) is 0 Å². The van der Waals surface area contributed by atoms with Gasteiger partial charge in [-0.3, -0.25) is 4.79 Å². The first-order valence-electron chi connectivity index (χ1n) is 4.95. The van der Waals surface area contributed by atoms with E-state index in [1.54, 1.807) is 6.92 Å². The van der Waals surface area contributed by atoms with Crippen molar-refractivity contribution in [3.8, 4) is 0 Å². The van der Waals surface area contributed by atoms with Gasteiger partial charge in [-0.05, 0) is 6.92 Å². The van der Waals surface area contributed by atoms with Gasteiger partial charge in [-0.2, -0.15) is 0 Å². The number of nitrogens with zero attached hydrogens (tertiary/aromatic N) is 1. The molecule has 1 heterocycles. The summed E-state index contributed by atoms with van der Waals surface area (Å²) in [6.45, 7) is 1.60. The zero-order valence-corrected chi connectivity index (χ0v) is 8.71. The highest BCUT2D eigenvalue weighted by Gasteiger charge is 2.46. The maximum Gasteiger partial charge on any atom is 0.267 e. The fourth-order valence-corrected chi connectivity index (χ4v) is 1.71. The predicted octanol–water partition coefficient (Wildman–Crippen LogP) is 0.218. The SMILES string of the molecule is CCOCC1CC(F)(F)CN1C(=O)CN. The van der Waals surface area contributed by atoms with Gasteiger partial charge in [-0.15, -0.1) is 0 Å². The van der Waals surface area contributed by atoms with E-state index in [2.05, 4.69) is 0 Å². The molecule has 1 saturated heterocycles. The minimum Gasteiger partial charge on any atom is -0.380 e. The van der Waals surface area contributed by atoms with Gasteiger partial charge in [0.25, 0.3) is 5.92 Å². The van der Waals surface area contributed by atoms with Gasteiger partial charge >= 0.3 is 0 Å². The minimum atomic E-state index is -2.81. The van der Waals surface area contributed by atoms with Crippen molar-refractivity contribution in [3.05, 3.63) is 0 Å². The van der Waals surface area contributed by atoms with Crippen molar-refractivity contribution in [3.63, 3.8) is 0 Å². The van der Waals surface area contributed by atoms with Crippen molar-refractivity contribution >= 4 is 5.91 Å². The average molecular weight is 222 g/mol. The van der Waals surface area contributed by atoms with E-state index in [0.29, 0.717) is 6.61 Å². The fourth-order valence-electron chi connectivity index (χ4n) is 1.71. The molecule has 0 bridgehead atoms. The Labute approximate surface area is 87.4 Å². The quantitative estimate of drug-likeness (QED) is 0.740. The molecular formula is C9H16F2N2O2. The monoisotopic (exact) mass is 222 g/mol. The molecule has 4 nitrogen and oxygen atoms in total. The van der Waals surface area contributed by atoms with Gasteiger partial charge in [-0.25, -0.2) is 8.78 Å². The molecule has 2 N–H and O–H groups in total. The number of hydrogen-bond donors (Lipinski definition) is 1. The fraction of sp³-hybridized carbons (Fsp3) is 0.889. The summed E-state index contributed by atoms with van der Waals surface area (Å²) in [7, 11) is 0. The summed E-state index contributed by atoms with van der Waals surface area (Å²) in [5, 5.41) is 0. The Morgan fingerprint density at radius 3 is 2.87 bits per heavy atom. The summed E-state index contributed by atoms with van der Waals surface area (Å²) < 4.78 is 31.2. The summed E-state index contributed by atoms with van der Waals surface area (Å²) in [4.78, 5) is 12.4. The number of alkyl halides is 2. The number of nitrogens with two attached hydrogens (primary N) is 1. The highest BCUT2D eigenvalue weighted by molar-refractivity contribution is 5.78. The molecule has 1 atom stereocenters. The number of ether oxygens (including phenoxy) is 1. The third-order valence-electron chi connectivity index (χ3n) is 2.39. The third kappa shape index (κ3) is 3.10. The number of carbonyl (C=O) groups excluding carboxylic acids is 1. The van der Waals surface area contributed by atoms with Gasteiger partial charge in [0.05, 0.1) is 25.7 Å². The van der Waals surface area contributed by atoms with Crippen LogP contribution in [0.25, 0.3) is 0 Å². The van der Waals surface area contributed by atoms with Crippen LogP contribution in [0.15, 0.2) is 0 Å². The summed E-state index contributed by atoms with van der Waals surface area (Å²) in [6, 6.07) is -0.545. The average Bonchev–Trinajstić information content (AvgIpc) is 2.49. The van der Waals surface area contributed by atoms with Crippen LogP contribution in [0.2, 0.25) is 0 Å². The number of amides is 1. The van der Waals surface area contributed by atoms with Crippen LogP contribution in [0.5, 0.6) is 0 Å². The van der Waals surface area contributed by atoms with E-state index in [1.165, 1.54) is 0 Å². The van der Waals surface area contributed by atoms with E-state index < -0.39 is 24.4 Å². The molecule has 0 saturated carbocycles. The van der Waals surface area contributed by atoms with Crippen LogP contribution >= 0.6 is 0 Å². The first-order chi connectivity index (χ1) is 7.00. The highest BCUT2D eigenvalue weighted by atomic mass is 19.3. The van der Waals surface area contributed by atoms with E-state index in [4.69, 9.17) is 10.5 Å². The Hall–Kier alpha value is -0.750. The molecule has 1 amide bonds. The molecule has 6 heteroatoms. The van der Waals surface area contributed by atoms with Crippen molar-refractivity contribution in [1.29, 1.82) is 0 Å². The van der Waals surface area contributed by atoms with E-state index in [-0.39, 0.29) is 19.6 Å². The van der Waals surface area contributed by atoms with Crippen LogP contribution in [0.3, 0.4) is 0 Å². The van der Waals surface area contributed by atoms with Crippen molar-refractivity contribution in [1.82, 2.24) is 4.90 Å². The van der Waals surface area contributed by atoms with Crippen molar-refractivity contribution in [2.45, 2.75) is 25.3 Å². The standard InChI is InChI=1S/C9H16F2N2O2/c1-2-15-5-7-3-9(10,11)6-13(7)8(14)4-12/h7H,2-6,12H2,1H3. The van der Waals surface area contributed by atoms with E-state index >= 15 is 0 Å². The molecule has 0 aliphatic carbocycles. The number of halogens is 2. The molecular weight excluding hydrogens is 206 g/mol. The lowest BCUT2D eigenvalue weighted by Crippen LogP contribution is -2.42. The zero-order valence-electron chi connectivity index (χ0n) is 8.71. The summed E-state index contributed by atoms with van der Waals surface area (Å²) >= 11 is 0. The molecule has 0 aromatic heterocycles.